The number of benzene rings is 5. The predicted molar refractivity (Wildman–Crippen MR) is 494 cm³/mol. The molecule has 0 aliphatic rings. The number of carbonyl (C=O) groups is 1. The Balaban J connectivity index is 0.000000108. The Kier molecular flexibility index (Phi) is 22.3. The normalized spacial score (nSPS) is 11.4. The molecule has 0 fully saturated rings. The summed E-state index contributed by atoms with van der Waals surface area (Å²) < 4.78 is 82.8. The number of nitrogens with zero attached hydrogens (tertiary/aromatic N) is 23. The summed E-state index contributed by atoms with van der Waals surface area (Å²) >= 11 is 0. The van der Waals surface area contributed by atoms with E-state index in [0.29, 0.717) is 95.9 Å². The number of anilines is 10. The molecule has 23 aromatic rings. The SMILES string of the molecule is C=C(c1nc(C)cc2cc(Nc3n[nH]c4cccnc34)ccc12)C(F)(F)F.C=C(c1nccc2cc(Nc3n[nH]c4cccnc34)ccc12)C(F)(F)F.NC(=O)c1cnn(-c2nccc3cc(Nc4n[nH]c5cccnc45)ccc23)c1.O=[N+]([O-])c1cnn(-c2nccc3cc(Nc4n[nH]c5cccnc45)ccc23)c1.c1cnc2c(Nc3ccc4c(-n5ccnn5)nccc4c3)n[nH]c2c1. The fraction of sp³-hybridized carbons (Fsp3) is 0.0330. The molecule has 12 N–H and O–H groups in total. The monoisotopic (exact) mass is 1790 g/mol. The van der Waals surface area contributed by atoms with Gasteiger partial charge < -0.3 is 32.3 Å². The van der Waals surface area contributed by atoms with Gasteiger partial charge >= 0.3 is 18.0 Å². The predicted octanol–water partition coefficient (Wildman–Crippen LogP) is 18.7. The topological polar surface area (TPSA) is 485 Å². The van der Waals surface area contributed by atoms with Crippen LogP contribution in [0.25, 0.3) is 138 Å². The lowest BCUT2D eigenvalue weighted by Gasteiger charge is -2.14. The van der Waals surface area contributed by atoms with Crippen molar-refractivity contribution in [2.24, 2.45) is 5.73 Å². The number of allylic oxidation sites excluding steroid dienone is 2. The molecule has 134 heavy (non-hydrogen) atoms. The van der Waals surface area contributed by atoms with Gasteiger partial charge in [-0.1, -0.05) is 30.5 Å². The molecule has 43 heteroatoms. The largest absolute Gasteiger partial charge is 0.417 e. The summed E-state index contributed by atoms with van der Waals surface area (Å²) in [7, 11) is 0. The number of alkyl halides is 6. The van der Waals surface area contributed by atoms with Crippen molar-refractivity contribution in [3.63, 3.8) is 0 Å². The lowest BCUT2D eigenvalue weighted by atomic mass is 10.0. The van der Waals surface area contributed by atoms with Gasteiger partial charge in [-0.05, 0) is 204 Å². The number of nitro groups is 1. The number of pyridine rings is 10. The molecule has 0 atom stereocenters. The van der Waals surface area contributed by atoms with Crippen LogP contribution in [0.15, 0.2) is 288 Å². The minimum atomic E-state index is -4.54. The van der Waals surface area contributed by atoms with E-state index in [1.54, 1.807) is 145 Å². The first kappa shape index (κ1) is 84.2. The number of aromatic amines is 5. The highest BCUT2D eigenvalue weighted by Gasteiger charge is 2.36. The standard InChI is InChI=1S/C19H14F3N5.C19H14N8O.C18H12F3N5.C18H12N8O2.C17H12N8/c1-10-8-12-9-13(25-18-17-15(26-27-18)4-3-7-23-17)5-6-14(12)16(24-10)11(2)19(20,21)22;20-17(28)12-9-23-27(10-12)19-14-4-3-13(8-11(14)5-7-22-19)24-18-16-15(25-26-18)2-1-6-21-16;1-10(18(19,20)21)15-13-5-4-12(9-11(13)6-8-23-15)24-17-16-14(25-26-17)3-2-7-22-16;27-26(28)13-9-21-25(10-13)18-14-4-3-12(8-11(14)5-7-20-18)22-17-16-15(23-24-17)2-1-6-19-16;1-2-14-15(18-6-1)16(23-22-14)21-12-3-4-13-11(10-12)5-7-19-17(13)25-9-8-20-24-25/h3-9H,2H2,1H3,(H2,25,26,27);1-10H,(H2,20,28)(H2,24,25,26);2-9H,1H2,(H2,24,25,26);1-10H,(H2,22,23,24);1-10H,(H2,21,22,23). The van der Waals surface area contributed by atoms with Crippen LogP contribution >= 0.6 is 0 Å². The number of aromatic nitrogens is 27. The second-order valence-corrected chi connectivity index (χ2v) is 29.6. The van der Waals surface area contributed by atoms with Crippen LogP contribution in [-0.4, -0.2) is 159 Å². The number of amides is 1. The molecule has 658 valence electrons. The highest BCUT2D eigenvalue weighted by Crippen LogP contribution is 2.40. The molecule has 0 saturated carbocycles. The van der Waals surface area contributed by atoms with Gasteiger partial charge in [-0.3, -0.25) is 75.3 Å². The minimum absolute atomic E-state index is 0.0880. The average molecular weight is 1800 g/mol. The zero-order valence-corrected chi connectivity index (χ0v) is 69.3. The second-order valence-electron chi connectivity index (χ2n) is 29.6. The molecule has 0 radical (unpaired) electrons. The van der Waals surface area contributed by atoms with Gasteiger partial charge in [0.25, 0.3) is 5.91 Å². The average Bonchev–Trinajstić information content (AvgIpc) is 1.48. The number of carbonyl (C=O) groups excluding carboxylic acids is 1. The van der Waals surface area contributed by atoms with E-state index in [0.717, 1.165) is 99.3 Å². The van der Waals surface area contributed by atoms with E-state index in [1.807, 2.05) is 121 Å². The summed E-state index contributed by atoms with van der Waals surface area (Å²) in [5.74, 6) is 4.40. The Morgan fingerprint density at radius 1 is 0.396 bits per heavy atom. The third-order valence-corrected chi connectivity index (χ3v) is 20.8. The molecule has 0 saturated heterocycles. The summed E-state index contributed by atoms with van der Waals surface area (Å²) in [6.07, 6.45) is 14.8. The number of hydrogen-bond acceptors (Lipinski definition) is 27. The molecule has 0 aliphatic carbocycles. The molecule has 18 aromatic heterocycles. The maximum atomic E-state index is 13.1. The molecule has 37 nitrogen and oxygen atoms in total. The van der Waals surface area contributed by atoms with Crippen LogP contribution in [0, 0.1) is 17.0 Å². The summed E-state index contributed by atoms with van der Waals surface area (Å²) in [6.45, 7) is 7.97. The number of rotatable bonds is 17. The van der Waals surface area contributed by atoms with Crippen LogP contribution in [-0.2, 0) is 0 Å². The van der Waals surface area contributed by atoms with Crippen LogP contribution in [0.1, 0.15) is 27.4 Å². The van der Waals surface area contributed by atoms with Crippen molar-refractivity contribution < 1.29 is 36.1 Å². The molecular formula is C91H64F6N34O3. The first-order valence-corrected chi connectivity index (χ1v) is 40.2. The zero-order valence-electron chi connectivity index (χ0n) is 69.3. The number of nitrogens with two attached hydrogens (primary N) is 1. The van der Waals surface area contributed by atoms with E-state index < -0.39 is 34.3 Å². The smallest absolute Gasteiger partial charge is 0.366 e. The van der Waals surface area contributed by atoms with E-state index in [4.69, 9.17) is 5.73 Å². The number of hydrogen-bond donors (Lipinski definition) is 11. The van der Waals surface area contributed by atoms with Crippen molar-refractivity contribution in [3.8, 4) is 17.5 Å². The van der Waals surface area contributed by atoms with Crippen LogP contribution in [0.2, 0.25) is 0 Å². The van der Waals surface area contributed by atoms with Crippen LogP contribution in [0.5, 0.6) is 0 Å². The third kappa shape index (κ3) is 17.6. The summed E-state index contributed by atoms with van der Waals surface area (Å²) in [4.78, 5) is 64.4. The van der Waals surface area contributed by atoms with Gasteiger partial charge in [-0.25, -0.2) is 29.0 Å². The van der Waals surface area contributed by atoms with Crippen molar-refractivity contribution in [3.05, 3.63) is 321 Å². The fourth-order valence-electron chi connectivity index (χ4n) is 14.5. The van der Waals surface area contributed by atoms with E-state index in [-0.39, 0.29) is 17.1 Å². The number of aryl methyl sites for hydroxylation is 1. The van der Waals surface area contributed by atoms with Crippen LogP contribution in [0.3, 0.4) is 0 Å². The van der Waals surface area contributed by atoms with Crippen LogP contribution < -0.4 is 32.3 Å². The number of nitrogens with one attached hydrogen (secondary N) is 10. The van der Waals surface area contributed by atoms with Crippen molar-refractivity contribution in [2.45, 2.75) is 19.3 Å². The summed E-state index contributed by atoms with van der Waals surface area (Å²) in [6, 6.07) is 55.3. The number of H-pyrrole nitrogens is 5. The molecule has 0 aliphatic heterocycles. The molecule has 18 heterocycles. The van der Waals surface area contributed by atoms with Gasteiger partial charge in [0.1, 0.15) is 40.0 Å². The number of primary amides is 1. The van der Waals surface area contributed by atoms with Crippen LogP contribution in [0.4, 0.5) is 89.6 Å². The lowest BCUT2D eigenvalue weighted by Crippen LogP contribution is -2.11. The first-order chi connectivity index (χ1) is 65.0. The Morgan fingerprint density at radius 3 is 1.08 bits per heavy atom. The molecule has 23 rings (SSSR count). The lowest BCUT2D eigenvalue weighted by molar-refractivity contribution is -0.384. The summed E-state index contributed by atoms with van der Waals surface area (Å²) in [5, 5.41) is 86.6. The zero-order chi connectivity index (χ0) is 92.3. The van der Waals surface area contributed by atoms with Gasteiger partial charge in [0.15, 0.2) is 46.5 Å². The highest BCUT2D eigenvalue weighted by molar-refractivity contribution is 6.01. The van der Waals surface area contributed by atoms with Crippen molar-refractivity contribution in [2.75, 3.05) is 26.6 Å². The summed E-state index contributed by atoms with van der Waals surface area (Å²) in [5.41, 5.74) is 15.6. The minimum Gasteiger partial charge on any atom is -0.366 e. The molecule has 1 amide bonds. The maximum absolute atomic E-state index is 13.1. The third-order valence-electron chi connectivity index (χ3n) is 20.8. The Hall–Kier alpha value is -19.3. The van der Waals surface area contributed by atoms with Gasteiger partial charge in [0.05, 0.1) is 79.2 Å². The molecule has 0 bridgehead atoms. The van der Waals surface area contributed by atoms with Gasteiger partial charge in [-0.15, -0.1) is 5.10 Å². The molecule has 0 unspecified atom stereocenters. The number of fused-ring (bicyclic) bond motifs is 10. The number of halogens is 6. The van der Waals surface area contributed by atoms with E-state index in [1.165, 1.54) is 29.5 Å². The van der Waals surface area contributed by atoms with Crippen molar-refractivity contribution in [1.29, 1.82) is 0 Å². The highest BCUT2D eigenvalue weighted by atomic mass is 19.4. The Labute approximate surface area is 747 Å². The van der Waals surface area contributed by atoms with E-state index in [9.17, 15) is 41.3 Å². The van der Waals surface area contributed by atoms with Gasteiger partial charge in [0.2, 0.25) is 0 Å². The Bertz CT molecular complexity index is 8220. The van der Waals surface area contributed by atoms with Crippen molar-refractivity contribution >= 4 is 189 Å². The van der Waals surface area contributed by atoms with Crippen molar-refractivity contribution in [1.82, 2.24) is 135 Å². The maximum Gasteiger partial charge on any atom is 0.417 e. The van der Waals surface area contributed by atoms with Gasteiger partial charge in [0, 0.05) is 123 Å². The fourth-order valence-corrected chi connectivity index (χ4v) is 14.5. The van der Waals surface area contributed by atoms with E-state index >= 15 is 0 Å². The molecule has 0 spiro atoms. The van der Waals surface area contributed by atoms with E-state index in [2.05, 4.69) is 161 Å². The quantitative estimate of drug-likeness (QED) is 0.0229. The molecular weight excluding hydrogens is 1730 g/mol. The van der Waals surface area contributed by atoms with Gasteiger partial charge in [-0.2, -0.15) is 62.0 Å². The Morgan fingerprint density at radius 2 is 0.731 bits per heavy atom. The first-order valence-electron chi connectivity index (χ1n) is 40.2. The molecule has 5 aromatic carbocycles. The second kappa shape index (κ2) is 35.5.